The van der Waals surface area contributed by atoms with Crippen molar-refractivity contribution in [3.05, 3.63) is 84.3 Å². The highest BCUT2D eigenvalue weighted by Gasteiger charge is 2.44. The number of carbonyl (C=O) groups is 4. The van der Waals surface area contributed by atoms with Crippen molar-refractivity contribution in [2.75, 3.05) is 45.9 Å². The van der Waals surface area contributed by atoms with Crippen LogP contribution in [-0.4, -0.2) is 111 Å². The van der Waals surface area contributed by atoms with Crippen LogP contribution in [0.15, 0.2) is 73.2 Å². The van der Waals surface area contributed by atoms with E-state index in [1.165, 1.54) is 21.8 Å². The fourth-order valence-electron chi connectivity index (χ4n) is 8.85. The first-order chi connectivity index (χ1) is 27.8. The molecule has 9 rings (SSSR count). The molecule has 0 spiro atoms. The van der Waals surface area contributed by atoms with E-state index < -0.39 is 29.7 Å². The molecule has 1 unspecified atom stereocenters. The maximum atomic E-state index is 13.1. The van der Waals surface area contributed by atoms with Crippen LogP contribution in [0.4, 0.5) is 0 Å². The van der Waals surface area contributed by atoms with E-state index in [0.717, 1.165) is 87.4 Å². The molecule has 1 atom stereocenters. The molecule has 294 valence electrons. The summed E-state index contributed by atoms with van der Waals surface area (Å²) in [6, 6.07) is 16.6. The maximum absolute atomic E-state index is 13.1. The molecule has 0 radical (unpaired) electrons. The first kappa shape index (κ1) is 36.9. The van der Waals surface area contributed by atoms with E-state index in [9.17, 15) is 19.2 Å². The van der Waals surface area contributed by atoms with Gasteiger partial charge in [0.2, 0.25) is 17.7 Å². The number of nitrogens with one attached hydrogen (secondary N) is 1. The number of rotatable bonds is 13. The quantitative estimate of drug-likeness (QED) is 0.125. The number of pyridine rings is 2. The van der Waals surface area contributed by atoms with Crippen molar-refractivity contribution >= 4 is 45.4 Å². The number of benzene rings is 2. The lowest BCUT2D eigenvalue weighted by Gasteiger charge is -2.41. The van der Waals surface area contributed by atoms with Crippen molar-refractivity contribution < 1.29 is 28.7 Å². The molecule has 2 saturated heterocycles. The molecule has 3 aromatic heterocycles. The summed E-state index contributed by atoms with van der Waals surface area (Å²) >= 11 is 0. The van der Waals surface area contributed by atoms with E-state index in [-0.39, 0.29) is 30.1 Å². The molecule has 5 aromatic rings. The van der Waals surface area contributed by atoms with Gasteiger partial charge in [0.1, 0.15) is 17.9 Å². The molecule has 6 heterocycles. The predicted molar refractivity (Wildman–Crippen MR) is 214 cm³/mol. The van der Waals surface area contributed by atoms with Crippen molar-refractivity contribution in [1.29, 1.82) is 0 Å². The third-order valence-corrected chi connectivity index (χ3v) is 12.1. The Morgan fingerprint density at radius 2 is 1.60 bits per heavy atom. The van der Waals surface area contributed by atoms with Gasteiger partial charge in [-0.1, -0.05) is 12.1 Å². The average Bonchev–Trinajstić information content (AvgIpc) is 3.64. The largest absolute Gasteiger partial charge is 0.494 e. The number of hydrogen-bond acceptors (Lipinski definition) is 10. The second kappa shape index (κ2) is 15.7. The molecule has 0 bridgehead atoms. The van der Waals surface area contributed by atoms with E-state index in [4.69, 9.17) is 9.47 Å². The van der Waals surface area contributed by atoms with Crippen molar-refractivity contribution in [3.8, 4) is 22.8 Å². The van der Waals surface area contributed by atoms with E-state index in [1.807, 2.05) is 24.7 Å². The number of amides is 4. The van der Waals surface area contributed by atoms with Crippen LogP contribution in [0, 0.1) is 5.92 Å². The number of imide groups is 2. The zero-order chi connectivity index (χ0) is 39.0. The fraction of sp³-hybridized carbons (Fsp3) is 0.409. The number of piperidine rings is 1. The van der Waals surface area contributed by atoms with Gasteiger partial charge in [0.05, 0.1) is 23.3 Å². The third kappa shape index (κ3) is 7.49. The third-order valence-electron chi connectivity index (χ3n) is 12.1. The van der Waals surface area contributed by atoms with Crippen molar-refractivity contribution in [3.63, 3.8) is 0 Å². The number of aromatic nitrogens is 3. The van der Waals surface area contributed by atoms with Gasteiger partial charge in [-0.3, -0.25) is 34.4 Å². The Labute approximate surface area is 330 Å². The average molecular weight is 770 g/mol. The zero-order valence-corrected chi connectivity index (χ0v) is 32.2. The standard InChI is InChI=1S/C44H47N7O6/c1-48-37-13-14-45-26-36(37)33-8-5-29(23-39(33)48)30-6-12-41(46-25-30)57-32-21-28(22-32)27-50-18-16-49(17-19-50)15-3-2-4-20-56-31-7-9-34-35(24-31)44(55)51(43(34)54)38-10-11-40(52)47-42(38)53/h5-9,12-14,23-26,28,32,38H,2-4,10-11,15-22,27H2,1H3,(H,47,52,53). The van der Waals surface area contributed by atoms with E-state index in [0.29, 0.717) is 24.2 Å². The molecule has 1 saturated carbocycles. The Hall–Kier alpha value is -5.66. The van der Waals surface area contributed by atoms with Crippen LogP contribution in [-0.2, 0) is 16.6 Å². The molecule has 3 fully saturated rings. The van der Waals surface area contributed by atoms with Gasteiger partial charge in [0.25, 0.3) is 11.8 Å². The molecule has 57 heavy (non-hydrogen) atoms. The Morgan fingerprint density at radius 1 is 0.789 bits per heavy atom. The minimum Gasteiger partial charge on any atom is -0.494 e. The number of hydrogen-bond donors (Lipinski definition) is 1. The van der Waals surface area contributed by atoms with Gasteiger partial charge in [0, 0.05) is 92.7 Å². The lowest BCUT2D eigenvalue weighted by molar-refractivity contribution is -0.136. The summed E-state index contributed by atoms with van der Waals surface area (Å²) in [6.07, 6.45) is 11.3. The highest BCUT2D eigenvalue weighted by Crippen LogP contribution is 2.35. The summed E-state index contributed by atoms with van der Waals surface area (Å²) in [5.41, 5.74) is 5.04. The number of aryl methyl sites for hydroxylation is 1. The van der Waals surface area contributed by atoms with Crippen LogP contribution in [0.3, 0.4) is 0 Å². The molecule has 4 aliphatic rings. The summed E-state index contributed by atoms with van der Waals surface area (Å²) in [7, 11) is 2.10. The molecule has 1 aliphatic carbocycles. The number of piperazine rings is 1. The van der Waals surface area contributed by atoms with Crippen LogP contribution in [0.1, 0.15) is 65.7 Å². The van der Waals surface area contributed by atoms with Gasteiger partial charge in [-0.05, 0) is 92.9 Å². The molecular weight excluding hydrogens is 723 g/mol. The second-order valence-corrected chi connectivity index (χ2v) is 15.9. The smallest absolute Gasteiger partial charge is 0.262 e. The number of unbranched alkanes of at least 4 members (excludes halogenated alkanes) is 2. The summed E-state index contributed by atoms with van der Waals surface area (Å²) in [4.78, 5) is 64.9. The SMILES string of the molecule is Cn1c2ccncc2c2ccc(-c3ccc(OC4CC(CN5CCN(CCCCCOc6ccc7c(c6)C(=O)N(C6CCC(=O)NC6=O)C7=O)CC5)C4)nc3)cc21. The molecule has 1 N–H and O–H groups in total. The van der Waals surface area contributed by atoms with Crippen LogP contribution in [0.5, 0.6) is 11.6 Å². The number of fused-ring (bicyclic) bond motifs is 4. The Kier molecular flexibility index (Phi) is 10.2. The molecule has 4 amide bonds. The lowest BCUT2D eigenvalue weighted by atomic mass is 9.82. The number of ether oxygens (including phenoxy) is 2. The molecule has 3 aliphatic heterocycles. The highest BCUT2D eigenvalue weighted by molar-refractivity contribution is 6.23. The van der Waals surface area contributed by atoms with Crippen LogP contribution in [0.2, 0.25) is 0 Å². The van der Waals surface area contributed by atoms with Gasteiger partial charge >= 0.3 is 0 Å². The topological polar surface area (TPSA) is 139 Å². The number of carbonyl (C=O) groups excluding carboxylic acids is 4. The predicted octanol–water partition coefficient (Wildman–Crippen LogP) is 5.21. The van der Waals surface area contributed by atoms with E-state index in [2.05, 4.69) is 67.0 Å². The Bertz CT molecular complexity index is 2340. The van der Waals surface area contributed by atoms with E-state index in [1.54, 1.807) is 18.2 Å². The summed E-state index contributed by atoms with van der Waals surface area (Å²) < 4.78 is 14.4. The molecular formula is C44H47N7O6. The van der Waals surface area contributed by atoms with Crippen molar-refractivity contribution in [2.24, 2.45) is 13.0 Å². The minimum absolute atomic E-state index is 0.0910. The summed E-state index contributed by atoms with van der Waals surface area (Å²) in [5.74, 6) is -0.170. The monoisotopic (exact) mass is 769 g/mol. The molecule has 2 aromatic carbocycles. The van der Waals surface area contributed by atoms with Gasteiger partial charge in [-0.25, -0.2) is 4.98 Å². The fourth-order valence-corrected chi connectivity index (χ4v) is 8.85. The summed E-state index contributed by atoms with van der Waals surface area (Å²) in [6.45, 7) is 7.07. The van der Waals surface area contributed by atoms with Crippen LogP contribution < -0.4 is 14.8 Å². The summed E-state index contributed by atoms with van der Waals surface area (Å²) in [5, 5.41) is 4.59. The minimum atomic E-state index is -0.976. The molecule has 13 heteroatoms. The van der Waals surface area contributed by atoms with E-state index >= 15 is 0 Å². The Morgan fingerprint density at radius 3 is 2.40 bits per heavy atom. The first-order valence-corrected chi connectivity index (χ1v) is 20.2. The van der Waals surface area contributed by atoms with Crippen LogP contribution in [0.25, 0.3) is 32.9 Å². The first-order valence-electron chi connectivity index (χ1n) is 20.2. The van der Waals surface area contributed by atoms with Gasteiger partial charge in [-0.15, -0.1) is 0 Å². The zero-order valence-electron chi connectivity index (χ0n) is 32.2. The van der Waals surface area contributed by atoms with Crippen molar-refractivity contribution in [1.82, 2.24) is 34.6 Å². The highest BCUT2D eigenvalue weighted by atomic mass is 16.5. The maximum Gasteiger partial charge on any atom is 0.262 e. The van der Waals surface area contributed by atoms with Crippen LogP contribution >= 0.6 is 0 Å². The Balaban J connectivity index is 0.648. The second-order valence-electron chi connectivity index (χ2n) is 15.9. The van der Waals surface area contributed by atoms with Gasteiger partial charge in [0.15, 0.2) is 0 Å². The lowest BCUT2D eigenvalue weighted by Crippen LogP contribution is -2.54. The normalized spacial score (nSPS) is 21.6. The van der Waals surface area contributed by atoms with Crippen molar-refractivity contribution in [2.45, 2.75) is 57.1 Å². The number of nitrogens with zero attached hydrogens (tertiary/aromatic N) is 6. The molecule has 13 nitrogen and oxygen atoms in total. The van der Waals surface area contributed by atoms with Gasteiger partial charge in [-0.2, -0.15) is 0 Å². The van der Waals surface area contributed by atoms with Gasteiger partial charge < -0.3 is 23.8 Å².